The Morgan fingerprint density at radius 1 is 1.32 bits per heavy atom. The van der Waals surface area contributed by atoms with E-state index in [1.165, 1.54) is 17.6 Å². The molecule has 130 valence electrons. The molecule has 3 aromatic rings. The Morgan fingerprint density at radius 3 is 2.76 bits per heavy atom. The normalized spacial score (nSPS) is 10.9. The highest BCUT2D eigenvalue weighted by Gasteiger charge is 2.19. The molecule has 6 nitrogen and oxygen atoms in total. The molecule has 0 spiro atoms. The van der Waals surface area contributed by atoms with Crippen molar-refractivity contribution >= 4 is 11.6 Å². The van der Waals surface area contributed by atoms with Crippen LogP contribution in [0.3, 0.4) is 0 Å². The van der Waals surface area contributed by atoms with Crippen molar-refractivity contribution in [3.8, 4) is 11.5 Å². The zero-order valence-electron chi connectivity index (χ0n) is 14.0. The second kappa shape index (κ2) is 6.43. The van der Waals surface area contributed by atoms with Crippen LogP contribution >= 0.6 is 0 Å². The molecule has 2 heterocycles. The van der Waals surface area contributed by atoms with Crippen molar-refractivity contribution in [2.24, 2.45) is 0 Å². The molecule has 0 aliphatic rings. The topological polar surface area (TPSA) is 73.1 Å². The molecule has 0 atom stereocenters. The third-order valence-corrected chi connectivity index (χ3v) is 3.87. The number of imidazole rings is 1. The van der Waals surface area contributed by atoms with E-state index in [2.05, 4.69) is 4.98 Å². The number of halogens is 1. The number of aryl methyl sites for hydroxylation is 2. The summed E-state index contributed by atoms with van der Waals surface area (Å²) in [5, 5.41) is 9.38. The molecule has 0 fully saturated rings. The SMILES string of the molecule is COc1cccc(F)c1COc1cc(C)cn2c(C(=O)O)c(C)nc12. The van der Waals surface area contributed by atoms with Crippen molar-refractivity contribution < 1.29 is 23.8 Å². The van der Waals surface area contributed by atoms with Crippen LogP contribution in [-0.4, -0.2) is 27.6 Å². The summed E-state index contributed by atoms with van der Waals surface area (Å²) in [7, 11) is 1.46. The number of benzene rings is 1. The summed E-state index contributed by atoms with van der Waals surface area (Å²) in [6.45, 7) is 3.37. The van der Waals surface area contributed by atoms with Crippen molar-refractivity contribution in [3.05, 3.63) is 58.8 Å². The lowest BCUT2D eigenvalue weighted by Gasteiger charge is -2.12. The van der Waals surface area contributed by atoms with Crippen LogP contribution in [0.4, 0.5) is 4.39 Å². The number of aromatic carboxylic acids is 1. The molecule has 0 aliphatic heterocycles. The van der Waals surface area contributed by atoms with Gasteiger partial charge in [0.2, 0.25) is 0 Å². The fourth-order valence-corrected chi connectivity index (χ4v) is 2.74. The Labute approximate surface area is 143 Å². The van der Waals surface area contributed by atoms with Gasteiger partial charge in [0.15, 0.2) is 17.1 Å². The number of carboxylic acids is 1. The van der Waals surface area contributed by atoms with Crippen molar-refractivity contribution in [1.82, 2.24) is 9.38 Å². The molecular formula is C18H17FN2O4. The van der Waals surface area contributed by atoms with Gasteiger partial charge in [0.05, 0.1) is 18.4 Å². The summed E-state index contributed by atoms with van der Waals surface area (Å²) in [4.78, 5) is 15.7. The maximum atomic E-state index is 14.0. The summed E-state index contributed by atoms with van der Waals surface area (Å²) in [6, 6.07) is 6.27. The summed E-state index contributed by atoms with van der Waals surface area (Å²) >= 11 is 0. The van der Waals surface area contributed by atoms with Crippen molar-refractivity contribution in [3.63, 3.8) is 0 Å². The highest BCUT2D eigenvalue weighted by Crippen LogP contribution is 2.27. The third-order valence-electron chi connectivity index (χ3n) is 3.87. The summed E-state index contributed by atoms with van der Waals surface area (Å²) in [5.74, 6) is -0.749. The number of hydrogen-bond donors (Lipinski definition) is 1. The third kappa shape index (κ3) is 3.00. The van der Waals surface area contributed by atoms with Crippen LogP contribution in [0.15, 0.2) is 30.5 Å². The minimum Gasteiger partial charge on any atom is -0.496 e. The minimum absolute atomic E-state index is 0.0662. The first-order chi connectivity index (χ1) is 11.9. The quantitative estimate of drug-likeness (QED) is 0.768. The van der Waals surface area contributed by atoms with Gasteiger partial charge in [-0.2, -0.15) is 0 Å². The Bertz CT molecular complexity index is 965. The minimum atomic E-state index is -1.07. The highest BCUT2D eigenvalue weighted by atomic mass is 19.1. The second-order valence-electron chi connectivity index (χ2n) is 5.64. The first-order valence-corrected chi connectivity index (χ1v) is 7.59. The van der Waals surface area contributed by atoms with E-state index in [1.807, 2.05) is 6.92 Å². The van der Waals surface area contributed by atoms with Gasteiger partial charge in [-0.25, -0.2) is 14.2 Å². The van der Waals surface area contributed by atoms with E-state index >= 15 is 0 Å². The van der Waals surface area contributed by atoms with E-state index in [9.17, 15) is 14.3 Å². The number of rotatable bonds is 5. The molecular weight excluding hydrogens is 327 g/mol. The monoisotopic (exact) mass is 344 g/mol. The maximum Gasteiger partial charge on any atom is 0.354 e. The smallest absolute Gasteiger partial charge is 0.354 e. The van der Waals surface area contributed by atoms with Gasteiger partial charge in [0.25, 0.3) is 0 Å². The lowest BCUT2D eigenvalue weighted by atomic mass is 10.2. The van der Waals surface area contributed by atoms with Crippen LogP contribution in [0.2, 0.25) is 0 Å². The maximum absolute atomic E-state index is 14.0. The number of nitrogens with zero attached hydrogens (tertiary/aromatic N) is 2. The predicted octanol–water partition coefficient (Wildman–Crippen LogP) is 3.38. The Kier molecular flexibility index (Phi) is 4.31. The van der Waals surface area contributed by atoms with Crippen molar-refractivity contribution in [1.29, 1.82) is 0 Å². The lowest BCUT2D eigenvalue weighted by molar-refractivity contribution is 0.0688. The average Bonchev–Trinajstić information content (AvgIpc) is 2.89. The molecule has 0 amide bonds. The van der Waals surface area contributed by atoms with Crippen LogP contribution < -0.4 is 9.47 Å². The lowest BCUT2D eigenvalue weighted by Crippen LogP contribution is -2.06. The molecule has 7 heteroatoms. The molecule has 25 heavy (non-hydrogen) atoms. The van der Waals surface area contributed by atoms with Gasteiger partial charge < -0.3 is 14.6 Å². The van der Waals surface area contributed by atoms with Crippen LogP contribution in [0.5, 0.6) is 11.5 Å². The Hall–Kier alpha value is -3.09. The fourth-order valence-electron chi connectivity index (χ4n) is 2.74. The largest absolute Gasteiger partial charge is 0.496 e. The van der Waals surface area contributed by atoms with Gasteiger partial charge in [-0.3, -0.25) is 4.40 Å². The number of carboxylic acid groups (broad SMARTS) is 1. The van der Waals surface area contributed by atoms with Gasteiger partial charge in [0.1, 0.15) is 18.2 Å². The summed E-state index contributed by atoms with van der Waals surface area (Å²) in [6.07, 6.45) is 1.68. The van der Waals surface area contributed by atoms with Gasteiger partial charge in [-0.1, -0.05) is 6.07 Å². The number of pyridine rings is 1. The molecule has 0 radical (unpaired) electrons. The van der Waals surface area contributed by atoms with E-state index in [1.54, 1.807) is 31.3 Å². The number of fused-ring (bicyclic) bond motifs is 1. The number of methoxy groups -OCH3 is 1. The Balaban J connectivity index is 2.03. The van der Waals surface area contributed by atoms with E-state index in [-0.39, 0.29) is 17.9 Å². The molecule has 1 N–H and O–H groups in total. The number of aromatic nitrogens is 2. The molecule has 0 bridgehead atoms. The average molecular weight is 344 g/mol. The van der Waals surface area contributed by atoms with Gasteiger partial charge in [-0.15, -0.1) is 0 Å². The molecule has 2 aromatic heterocycles. The Morgan fingerprint density at radius 2 is 2.08 bits per heavy atom. The van der Waals surface area contributed by atoms with Gasteiger partial charge >= 0.3 is 5.97 Å². The van der Waals surface area contributed by atoms with Crippen LogP contribution in [0, 0.1) is 19.7 Å². The molecule has 0 saturated heterocycles. The molecule has 0 unspecified atom stereocenters. The van der Waals surface area contributed by atoms with Crippen LogP contribution in [0.1, 0.15) is 27.3 Å². The predicted molar refractivity (Wildman–Crippen MR) is 88.9 cm³/mol. The zero-order valence-corrected chi connectivity index (χ0v) is 14.0. The van der Waals surface area contributed by atoms with Crippen LogP contribution in [-0.2, 0) is 6.61 Å². The fraction of sp³-hybridized carbons (Fsp3) is 0.222. The van der Waals surface area contributed by atoms with E-state index in [0.717, 1.165) is 5.56 Å². The van der Waals surface area contributed by atoms with E-state index < -0.39 is 11.8 Å². The standard InChI is InChI=1S/C18H17FN2O4/c1-10-7-15(17-20-11(2)16(18(22)23)21(17)8-10)25-9-12-13(19)5-4-6-14(12)24-3/h4-8H,9H2,1-3H3,(H,22,23). The zero-order chi connectivity index (χ0) is 18.1. The number of ether oxygens (including phenoxy) is 2. The van der Waals surface area contributed by atoms with Crippen LogP contribution in [0.25, 0.3) is 5.65 Å². The second-order valence-corrected chi connectivity index (χ2v) is 5.64. The molecule has 0 aliphatic carbocycles. The highest BCUT2D eigenvalue weighted by molar-refractivity contribution is 5.88. The number of hydrogen-bond acceptors (Lipinski definition) is 4. The van der Waals surface area contributed by atoms with E-state index in [0.29, 0.717) is 22.8 Å². The first-order valence-electron chi connectivity index (χ1n) is 7.59. The molecule has 1 aromatic carbocycles. The number of carbonyl (C=O) groups is 1. The first kappa shape index (κ1) is 16.8. The van der Waals surface area contributed by atoms with Crippen molar-refractivity contribution in [2.45, 2.75) is 20.5 Å². The van der Waals surface area contributed by atoms with E-state index in [4.69, 9.17) is 9.47 Å². The summed E-state index contributed by atoms with van der Waals surface area (Å²) < 4.78 is 26.4. The summed E-state index contributed by atoms with van der Waals surface area (Å²) in [5.41, 5.74) is 1.91. The van der Waals surface area contributed by atoms with Crippen molar-refractivity contribution in [2.75, 3.05) is 7.11 Å². The van der Waals surface area contributed by atoms with Gasteiger partial charge in [-0.05, 0) is 37.6 Å². The molecule has 0 saturated carbocycles. The van der Waals surface area contributed by atoms with Gasteiger partial charge in [0, 0.05) is 6.20 Å². The molecule has 3 rings (SSSR count).